The fraction of sp³-hybridized carbons (Fsp3) is 0.192. The van der Waals surface area contributed by atoms with Crippen molar-refractivity contribution in [1.29, 1.82) is 0 Å². The first-order valence-electron chi connectivity index (χ1n) is 10.6. The summed E-state index contributed by atoms with van der Waals surface area (Å²) in [7, 11) is 5.36. The molecular formula is C26H23Br2N3O3. The molecule has 0 aromatic heterocycles. The highest BCUT2D eigenvalue weighted by molar-refractivity contribution is 9.11. The zero-order valence-electron chi connectivity index (χ0n) is 18.9. The van der Waals surface area contributed by atoms with Gasteiger partial charge in [0.15, 0.2) is 0 Å². The first-order valence-corrected chi connectivity index (χ1v) is 12.2. The Morgan fingerprint density at radius 3 is 2.32 bits per heavy atom. The van der Waals surface area contributed by atoms with Crippen molar-refractivity contribution in [3.63, 3.8) is 0 Å². The molecule has 6 nitrogen and oxygen atoms in total. The monoisotopic (exact) mass is 583 g/mol. The van der Waals surface area contributed by atoms with Gasteiger partial charge in [-0.25, -0.2) is 4.79 Å². The Kier molecular flexibility index (Phi) is 7.30. The van der Waals surface area contributed by atoms with E-state index in [-0.39, 0.29) is 5.91 Å². The van der Waals surface area contributed by atoms with Gasteiger partial charge in [0.05, 0.1) is 24.1 Å². The lowest BCUT2D eigenvalue weighted by Crippen LogP contribution is -2.22. The summed E-state index contributed by atoms with van der Waals surface area (Å²) in [4.78, 5) is 32.2. The number of hydrogen-bond acceptors (Lipinski definition) is 5. The Balaban J connectivity index is 1.83. The molecule has 0 fully saturated rings. The molecule has 1 N–H and O–H groups in total. The summed E-state index contributed by atoms with van der Waals surface area (Å²) < 4.78 is 6.68. The number of aliphatic imine (C=N–C) groups is 1. The maximum Gasteiger partial charge on any atom is 0.337 e. The molecule has 1 unspecified atom stereocenters. The van der Waals surface area contributed by atoms with Crippen LogP contribution < -0.4 is 5.32 Å². The molecule has 8 heteroatoms. The minimum atomic E-state index is -0.622. The van der Waals surface area contributed by atoms with Crippen LogP contribution in [0.3, 0.4) is 0 Å². The van der Waals surface area contributed by atoms with Crippen molar-refractivity contribution in [2.75, 3.05) is 26.5 Å². The van der Waals surface area contributed by atoms with Crippen molar-refractivity contribution in [3.8, 4) is 0 Å². The van der Waals surface area contributed by atoms with Gasteiger partial charge in [-0.3, -0.25) is 9.79 Å². The second-order valence-electron chi connectivity index (χ2n) is 8.20. The van der Waals surface area contributed by atoms with Crippen LogP contribution in [0.15, 0.2) is 74.6 Å². The molecule has 0 bridgehead atoms. The molecule has 1 aliphatic rings. The lowest BCUT2D eigenvalue weighted by atomic mass is 9.90. The Morgan fingerprint density at radius 1 is 1.03 bits per heavy atom. The first kappa shape index (κ1) is 24.3. The summed E-state index contributed by atoms with van der Waals surface area (Å²) >= 11 is 7.35. The molecule has 0 spiro atoms. The molecule has 34 heavy (non-hydrogen) atoms. The maximum atomic E-state index is 13.2. The maximum absolute atomic E-state index is 13.2. The fourth-order valence-electron chi connectivity index (χ4n) is 3.94. The third-order valence-electron chi connectivity index (χ3n) is 5.50. The molecule has 0 aliphatic carbocycles. The smallest absolute Gasteiger partial charge is 0.337 e. The van der Waals surface area contributed by atoms with E-state index in [1.54, 1.807) is 18.2 Å². The number of rotatable bonds is 6. The van der Waals surface area contributed by atoms with Gasteiger partial charge in [0.2, 0.25) is 5.91 Å². The minimum absolute atomic E-state index is 0.193. The minimum Gasteiger partial charge on any atom is -0.465 e. The zero-order chi connectivity index (χ0) is 24.4. The summed E-state index contributed by atoms with van der Waals surface area (Å²) in [6.45, 7) is 0.762. The van der Waals surface area contributed by atoms with Crippen LogP contribution in [0.5, 0.6) is 0 Å². The highest BCUT2D eigenvalue weighted by atomic mass is 79.9. The number of nitrogens with zero attached hydrogens (tertiary/aromatic N) is 2. The number of carbonyl (C=O) groups excluding carboxylic acids is 2. The third-order valence-corrected chi connectivity index (χ3v) is 6.91. The molecule has 1 atom stereocenters. The zero-order valence-corrected chi connectivity index (χ0v) is 22.1. The average molecular weight is 585 g/mol. The molecule has 3 aromatic rings. The van der Waals surface area contributed by atoms with Gasteiger partial charge in [-0.05, 0) is 55.1 Å². The van der Waals surface area contributed by atoms with Gasteiger partial charge >= 0.3 is 5.97 Å². The van der Waals surface area contributed by atoms with Crippen molar-refractivity contribution >= 4 is 60.8 Å². The number of ether oxygens (including phenoxy) is 1. The highest BCUT2D eigenvalue weighted by Gasteiger charge is 2.36. The van der Waals surface area contributed by atoms with Crippen LogP contribution in [0.4, 0.5) is 11.4 Å². The van der Waals surface area contributed by atoms with Crippen molar-refractivity contribution in [3.05, 3.63) is 91.9 Å². The molecule has 1 heterocycles. The second-order valence-corrected chi connectivity index (χ2v) is 9.91. The number of halogens is 2. The van der Waals surface area contributed by atoms with E-state index in [0.29, 0.717) is 22.6 Å². The molecule has 0 saturated carbocycles. The number of carbonyl (C=O) groups is 2. The van der Waals surface area contributed by atoms with Crippen molar-refractivity contribution in [1.82, 2.24) is 4.90 Å². The largest absolute Gasteiger partial charge is 0.465 e. The Hall–Kier alpha value is -2.81. The van der Waals surface area contributed by atoms with E-state index < -0.39 is 11.9 Å². The van der Waals surface area contributed by atoms with Crippen LogP contribution in [0.25, 0.3) is 0 Å². The Morgan fingerprint density at radius 2 is 1.71 bits per heavy atom. The molecule has 4 rings (SSSR count). The summed E-state index contributed by atoms with van der Waals surface area (Å²) in [5.74, 6) is -1.27. The van der Waals surface area contributed by atoms with Crippen molar-refractivity contribution in [2.45, 2.75) is 12.5 Å². The molecule has 174 valence electrons. The van der Waals surface area contributed by atoms with Crippen LogP contribution in [-0.2, 0) is 16.1 Å². The summed E-state index contributed by atoms with van der Waals surface area (Å²) in [6.07, 6.45) is 0. The Bertz CT molecular complexity index is 1270. The van der Waals surface area contributed by atoms with Gasteiger partial charge in [-0.1, -0.05) is 68.3 Å². The predicted octanol–water partition coefficient (Wildman–Crippen LogP) is 5.92. The number of fused-ring (bicyclic) bond motifs is 1. The SMILES string of the molecule is COC(=O)c1ccc2c(c1)NC(=O)C2C(=Nc1cc(Br)c(CN(C)C)c(Br)c1)c1ccccc1. The quantitative estimate of drug-likeness (QED) is 0.288. The number of amides is 1. The van der Waals surface area contributed by atoms with Gasteiger partial charge in [-0.2, -0.15) is 0 Å². The standard InChI is InChI=1S/C26H23Br2N3O3/c1-31(2)14-19-20(27)12-17(13-21(19)28)29-24(15-7-5-4-6-8-15)23-18-10-9-16(26(33)34-3)11-22(18)30-25(23)32/h4-13,23H,14H2,1-3H3,(H,30,32). The van der Waals surface area contributed by atoms with Crippen LogP contribution in [0.1, 0.15) is 33.0 Å². The lowest BCUT2D eigenvalue weighted by Gasteiger charge is -2.16. The van der Waals surface area contributed by atoms with Crippen LogP contribution in [-0.4, -0.2) is 43.7 Å². The van der Waals surface area contributed by atoms with E-state index in [4.69, 9.17) is 9.73 Å². The number of benzene rings is 3. The number of anilines is 1. The van der Waals surface area contributed by atoms with E-state index in [1.165, 1.54) is 7.11 Å². The molecule has 3 aromatic carbocycles. The van der Waals surface area contributed by atoms with Gasteiger partial charge in [0, 0.05) is 21.2 Å². The normalized spacial score (nSPS) is 15.3. The summed E-state index contributed by atoms with van der Waals surface area (Å²) in [5, 5.41) is 2.90. The van der Waals surface area contributed by atoms with Crippen LogP contribution >= 0.6 is 31.9 Å². The molecular weight excluding hydrogens is 562 g/mol. The van der Waals surface area contributed by atoms with E-state index in [1.807, 2.05) is 56.6 Å². The van der Waals surface area contributed by atoms with Crippen molar-refractivity contribution in [2.24, 2.45) is 4.99 Å². The fourth-order valence-corrected chi connectivity index (χ4v) is 5.36. The third kappa shape index (κ3) is 4.99. The lowest BCUT2D eigenvalue weighted by molar-refractivity contribution is -0.115. The van der Waals surface area contributed by atoms with Crippen molar-refractivity contribution < 1.29 is 14.3 Å². The van der Waals surface area contributed by atoms with E-state index >= 15 is 0 Å². The summed E-state index contributed by atoms with van der Waals surface area (Å²) in [6, 6.07) is 18.7. The molecule has 1 aliphatic heterocycles. The summed E-state index contributed by atoms with van der Waals surface area (Å²) in [5.41, 5.74) is 5.04. The highest BCUT2D eigenvalue weighted by Crippen LogP contribution is 2.38. The molecule has 1 amide bonds. The topological polar surface area (TPSA) is 71.0 Å². The van der Waals surface area contributed by atoms with E-state index in [0.717, 1.165) is 32.2 Å². The second kappa shape index (κ2) is 10.2. The first-order chi connectivity index (χ1) is 16.3. The predicted molar refractivity (Wildman–Crippen MR) is 141 cm³/mol. The van der Waals surface area contributed by atoms with Gasteiger partial charge < -0.3 is 15.0 Å². The van der Waals surface area contributed by atoms with Gasteiger partial charge in [0.1, 0.15) is 5.92 Å². The van der Waals surface area contributed by atoms with E-state index in [9.17, 15) is 9.59 Å². The molecule has 0 radical (unpaired) electrons. The van der Waals surface area contributed by atoms with Gasteiger partial charge in [0.25, 0.3) is 0 Å². The average Bonchev–Trinajstić information content (AvgIpc) is 3.14. The Labute approximate surface area is 215 Å². The number of hydrogen-bond donors (Lipinski definition) is 1. The number of esters is 1. The molecule has 0 saturated heterocycles. The van der Waals surface area contributed by atoms with E-state index in [2.05, 4.69) is 42.1 Å². The van der Waals surface area contributed by atoms with Crippen LogP contribution in [0, 0.1) is 0 Å². The van der Waals surface area contributed by atoms with Crippen LogP contribution in [0.2, 0.25) is 0 Å². The number of nitrogens with one attached hydrogen (secondary N) is 1. The van der Waals surface area contributed by atoms with Gasteiger partial charge in [-0.15, -0.1) is 0 Å². The number of methoxy groups -OCH3 is 1.